The van der Waals surface area contributed by atoms with Gasteiger partial charge in [-0.05, 0) is 18.2 Å². The number of aromatic nitrogens is 5. The molecule has 0 spiro atoms. The van der Waals surface area contributed by atoms with Gasteiger partial charge in [-0.1, -0.05) is 36.4 Å². The van der Waals surface area contributed by atoms with E-state index in [0.717, 1.165) is 15.6 Å². The zero-order chi connectivity index (χ0) is 16.1. The van der Waals surface area contributed by atoms with Crippen LogP contribution in [-0.2, 0) is 0 Å². The molecule has 7 heteroatoms. The Morgan fingerprint density at radius 1 is 0.913 bits per heavy atom. The summed E-state index contributed by atoms with van der Waals surface area (Å²) in [5.74, 6) is 0. The SMILES string of the molecule is O=c1[nH]c(=O)n(-c2ccccc2)[nH]1.c1ccc2ncncc2c1. The number of rotatable bonds is 1. The molecular formula is C16H13N5O2. The van der Waals surface area contributed by atoms with Crippen LogP contribution < -0.4 is 11.4 Å². The molecule has 2 aromatic heterocycles. The summed E-state index contributed by atoms with van der Waals surface area (Å²) in [6, 6.07) is 16.8. The first kappa shape index (κ1) is 14.5. The van der Waals surface area contributed by atoms with Crippen LogP contribution in [0.4, 0.5) is 0 Å². The second-order valence-corrected chi connectivity index (χ2v) is 4.62. The summed E-state index contributed by atoms with van der Waals surface area (Å²) >= 11 is 0. The summed E-state index contributed by atoms with van der Waals surface area (Å²) < 4.78 is 1.16. The number of para-hydroxylation sites is 2. The molecule has 0 amide bonds. The fourth-order valence-corrected chi connectivity index (χ4v) is 2.02. The molecule has 23 heavy (non-hydrogen) atoms. The molecule has 4 rings (SSSR count). The van der Waals surface area contributed by atoms with Crippen molar-refractivity contribution in [2.45, 2.75) is 0 Å². The van der Waals surface area contributed by atoms with E-state index in [2.05, 4.69) is 20.1 Å². The number of nitrogens with zero attached hydrogens (tertiary/aromatic N) is 3. The van der Waals surface area contributed by atoms with Gasteiger partial charge in [-0.3, -0.25) is 4.98 Å². The van der Waals surface area contributed by atoms with Crippen LogP contribution in [0.25, 0.3) is 16.6 Å². The van der Waals surface area contributed by atoms with E-state index >= 15 is 0 Å². The van der Waals surface area contributed by atoms with E-state index in [1.165, 1.54) is 0 Å². The maximum Gasteiger partial charge on any atom is 0.349 e. The van der Waals surface area contributed by atoms with Gasteiger partial charge in [-0.25, -0.2) is 29.3 Å². The number of fused-ring (bicyclic) bond motifs is 1. The molecule has 0 aliphatic carbocycles. The quantitative estimate of drug-likeness (QED) is 0.556. The highest BCUT2D eigenvalue weighted by molar-refractivity contribution is 5.76. The van der Waals surface area contributed by atoms with Crippen LogP contribution in [0.5, 0.6) is 0 Å². The molecule has 0 saturated carbocycles. The molecule has 4 aromatic rings. The van der Waals surface area contributed by atoms with Crippen molar-refractivity contribution >= 4 is 10.9 Å². The maximum absolute atomic E-state index is 11.1. The van der Waals surface area contributed by atoms with Crippen LogP contribution >= 0.6 is 0 Å². The Balaban J connectivity index is 0.000000140. The van der Waals surface area contributed by atoms with E-state index in [1.807, 2.05) is 36.5 Å². The zero-order valence-electron chi connectivity index (χ0n) is 12.0. The Morgan fingerprint density at radius 2 is 1.65 bits per heavy atom. The third-order valence-electron chi connectivity index (χ3n) is 3.07. The van der Waals surface area contributed by atoms with Crippen molar-refractivity contribution in [1.29, 1.82) is 0 Å². The molecule has 0 aliphatic rings. The highest BCUT2D eigenvalue weighted by Crippen LogP contribution is 2.06. The molecule has 7 nitrogen and oxygen atoms in total. The van der Waals surface area contributed by atoms with Crippen molar-refractivity contribution in [3.63, 3.8) is 0 Å². The topological polar surface area (TPSA) is 96.4 Å². The van der Waals surface area contributed by atoms with Gasteiger partial charge in [-0.15, -0.1) is 0 Å². The number of hydrogen-bond acceptors (Lipinski definition) is 4. The Hall–Kier alpha value is -3.48. The van der Waals surface area contributed by atoms with Crippen molar-refractivity contribution in [1.82, 2.24) is 24.7 Å². The van der Waals surface area contributed by atoms with Crippen LogP contribution in [0.2, 0.25) is 0 Å². The number of aromatic amines is 2. The summed E-state index contributed by atoms with van der Waals surface area (Å²) in [4.78, 5) is 31.9. The minimum Gasteiger partial charge on any atom is -0.256 e. The lowest BCUT2D eigenvalue weighted by atomic mass is 10.2. The van der Waals surface area contributed by atoms with E-state index < -0.39 is 11.4 Å². The molecule has 2 N–H and O–H groups in total. The number of benzene rings is 2. The molecule has 114 valence electrons. The average Bonchev–Trinajstić information content (AvgIpc) is 2.95. The van der Waals surface area contributed by atoms with E-state index in [4.69, 9.17) is 0 Å². The molecule has 2 aromatic carbocycles. The smallest absolute Gasteiger partial charge is 0.256 e. The summed E-state index contributed by atoms with van der Waals surface area (Å²) in [7, 11) is 0. The van der Waals surface area contributed by atoms with Gasteiger partial charge in [0.15, 0.2) is 0 Å². The third-order valence-corrected chi connectivity index (χ3v) is 3.07. The van der Waals surface area contributed by atoms with Gasteiger partial charge in [0, 0.05) is 11.6 Å². The van der Waals surface area contributed by atoms with Gasteiger partial charge in [0.1, 0.15) is 6.33 Å². The molecular weight excluding hydrogens is 294 g/mol. The minimum absolute atomic E-state index is 0.462. The van der Waals surface area contributed by atoms with Crippen molar-refractivity contribution in [3.05, 3.63) is 88.1 Å². The predicted octanol–water partition coefficient (Wildman–Crippen LogP) is 1.48. The summed E-state index contributed by atoms with van der Waals surface area (Å²) in [6.45, 7) is 0. The highest BCUT2D eigenvalue weighted by Gasteiger charge is 2.00. The summed E-state index contributed by atoms with van der Waals surface area (Å²) in [5.41, 5.74) is 0.661. The lowest BCUT2D eigenvalue weighted by molar-refractivity contribution is 0.834. The lowest BCUT2D eigenvalue weighted by Crippen LogP contribution is -2.15. The average molecular weight is 307 g/mol. The number of H-pyrrole nitrogens is 2. The van der Waals surface area contributed by atoms with Gasteiger partial charge in [0.2, 0.25) is 0 Å². The second kappa shape index (κ2) is 6.52. The van der Waals surface area contributed by atoms with Crippen LogP contribution in [-0.4, -0.2) is 24.7 Å². The van der Waals surface area contributed by atoms with Crippen LogP contribution in [0.3, 0.4) is 0 Å². The lowest BCUT2D eigenvalue weighted by Gasteiger charge is -1.96. The molecule has 0 unspecified atom stereocenters. The predicted molar refractivity (Wildman–Crippen MR) is 86.5 cm³/mol. The third kappa shape index (κ3) is 3.41. The highest BCUT2D eigenvalue weighted by atomic mass is 16.2. The molecule has 0 aliphatic heterocycles. The van der Waals surface area contributed by atoms with Gasteiger partial charge >= 0.3 is 11.4 Å². The van der Waals surface area contributed by atoms with E-state index in [-0.39, 0.29) is 0 Å². The van der Waals surface area contributed by atoms with Crippen molar-refractivity contribution in [2.24, 2.45) is 0 Å². The van der Waals surface area contributed by atoms with Gasteiger partial charge in [0.25, 0.3) is 0 Å². The first-order valence-electron chi connectivity index (χ1n) is 6.85. The zero-order valence-corrected chi connectivity index (χ0v) is 12.0. The molecule has 0 saturated heterocycles. The molecule has 0 radical (unpaired) electrons. The normalized spacial score (nSPS) is 10.1. The van der Waals surface area contributed by atoms with E-state index in [1.54, 1.807) is 30.6 Å². The summed E-state index contributed by atoms with van der Waals surface area (Å²) in [5, 5.41) is 3.44. The number of hydrogen-bond donors (Lipinski definition) is 2. The largest absolute Gasteiger partial charge is 0.349 e. The maximum atomic E-state index is 11.1. The van der Waals surface area contributed by atoms with Gasteiger partial charge in [-0.2, -0.15) is 0 Å². The van der Waals surface area contributed by atoms with Crippen molar-refractivity contribution < 1.29 is 0 Å². The van der Waals surface area contributed by atoms with Gasteiger partial charge < -0.3 is 0 Å². The Kier molecular flexibility index (Phi) is 4.10. The minimum atomic E-state index is -0.506. The Labute approximate surface area is 130 Å². The first-order valence-corrected chi connectivity index (χ1v) is 6.85. The number of nitrogens with one attached hydrogen (secondary N) is 2. The fraction of sp³-hybridized carbons (Fsp3) is 0. The standard InChI is InChI=1S/C8H7N3O2.C8H6N2/c12-7-9-8(13)11(10-7)6-4-2-1-3-5-6;1-2-4-8-7(3-1)5-9-6-10-8/h1-5H,(H2,9,10,12,13);1-6H. The Morgan fingerprint density at radius 3 is 2.35 bits per heavy atom. The second-order valence-electron chi connectivity index (χ2n) is 4.62. The van der Waals surface area contributed by atoms with Crippen molar-refractivity contribution in [2.75, 3.05) is 0 Å². The Bertz CT molecular complexity index is 952. The van der Waals surface area contributed by atoms with Crippen LogP contribution in [0.15, 0.2) is 76.7 Å². The van der Waals surface area contributed by atoms with Crippen molar-refractivity contribution in [3.8, 4) is 5.69 Å². The molecule has 0 bridgehead atoms. The van der Waals surface area contributed by atoms with E-state index in [9.17, 15) is 9.59 Å². The monoisotopic (exact) mass is 307 g/mol. The summed E-state index contributed by atoms with van der Waals surface area (Å²) in [6.07, 6.45) is 3.37. The first-order chi connectivity index (χ1) is 11.2. The van der Waals surface area contributed by atoms with E-state index in [0.29, 0.717) is 5.69 Å². The molecule has 0 atom stereocenters. The van der Waals surface area contributed by atoms with Gasteiger partial charge in [0.05, 0.1) is 11.2 Å². The fourth-order valence-electron chi connectivity index (χ4n) is 2.02. The van der Waals surface area contributed by atoms with Crippen LogP contribution in [0, 0.1) is 0 Å². The molecule has 0 fully saturated rings. The molecule has 2 heterocycles. The van der Waals surface area contributed by atoms with Crippen LogP contribution in [0.1, 0.15) is 0 Å².